The van der Waals surface area contributed by atoms with Crippen LogP contribution in [0.5, 0.6) is 11.5 Å². The van der Waals surface area contributed by atoms with Crippen LogP contribution >= 0.6 is 11.6 Å². The molecule has 0 radical (unpaired) electrons. The van der Waals surface area contributed by atoms with Crippen LogP contribution in [0.1, 0.15) is 30.2 Å². The molecule has 0 aliphatic heterocycles. The minimum absolute atomic E-state index is 0.00970. The molecule has 0 spiro atoms. The van der Waals surface area contributed by atoms with Crippen LogP contribution in [0, 0.1) is 39.4 Å². The number of nitrogens with zero attached hydrogens (tertiary/aromatic N) is 3. The Kier molecular flexibility index (Phi) is 9.82. The molecule has 3 aromatic carbocycles. The van der Waals surface area contributed by atoms with Crippen molar-refractivity contribution in [1.29, 1.82) is 10.0 Å². The van der Waals surface area contributed by atoms with Crippen molar-refractivity contribution in [2.75, 3.05) is 16.6 Å². The first kappa shape index (κ1) is 34.1. The number of rotatable bonds is 11. The molecule has 0 fully saturated rings. The number of fused-ring (bicyclic) bond motifs is 1. The highest BCUT2D eigenvalue weighted by molar-refractivity contribution is 7.93. The summed E-state index contributed by atoms with van der Waals surface area (Å²) >= 11 is 6.44. The summed E-state index contributed by atoms with van der Waals surface area (Å²) in [4.78, 5) is 6.48. The summed E-state index contributed by atoms with van der Waals surface area (Å²) in [5, 5.41) is 13.2. The fourth-order valence-electron chi connectivity index (χ4n) is 4.58. The molecule has 17 heteroatoms. The molecule has 0 saturated heterocycles. The lowest BCUT2D eigenvalue weighted by molar-refractivity contribution is 0.139. The van der Waals surface area contributed by atoms with Crippen LogP contribution in [0.3, 0.4) is 0 Å². The Labute approximate surface area is 274 Å². The van der Waals surface area contributed by atoms with Crippen molar-refractivity contribution in [1.82, 2.24) is 9.97 Å². The van der Waals surface area contributed by atoms with Crippen molar-refractivity contribution >= 4 is 49.5 Å². The standard InChI is InChI=1S/C31H21ClF6N6O3S/c1-2-46-23-11-20-18(10-21(23)44-48(40,45)30-24(31(37)38)25(33)26(34)27(35)28(30)36)29(15(12-39)13-42-20)43-16-6-7-22(19(32)9-16)47-14-17-5-3-4-8-41-17/h3-11,13,31H,2,14H2,1H3,(H,42,43)(H2,40,44,45). The molecule has 0 aliphatic carbocycles. The van der Waals surface area contributed by atoms with E-state index in [4.69, 9.17) is 25.9 Å². The first-order valence-electron chi connectivity index (χ1n) is 13.7. The Morgan fingerprint density at radius 3 is 2.40 bits per heavy atom. The third-order valence-corrected chi connectivity index (χ3v) is 8.49. The number of halogens is 7. The number of hydrogen-bond donors (Lipinski definition) is 3. The molecule has 0 amide bonds. The Hall–Kier alpha value is -5.27. The maximum Gasteiger partial charge on any atom is 0.268 e. The molecular weight excluding hydrogens is 686 g/mol. The predicted molar refractivity (Wildman–Crippen MR) is 165 cm³/mol. The number of ether oxygens (including phenoxy) is 2. The zero-order valence-corrected chi connectivity index (χ0v) is 26.0. The van der Waals surface area contributed by atoms with Crippen molar-refractivity contribution in [2.45, 2.75) is 24.9 Å². The molecule has 3 N–H and O–H groups in total. The van der Waals surface area contributed by atoms with Crippen molar-refractivity contribution in [3.8, 4) is 17.6 Å². The second kappa shape index (κ2) is 13.8. The second-order valence-electron chi connectivity index (χ2n) is 9.79. The summed E-state index contributed by atoms with van der Waals surface area (Å²) < 4.78 is 120. The van der Waals surface area contributed by atoms with Crippen LogP contribution in [-0.4, -0.2) is 20.8 Å². The van der Waals surface area contributed by atoms with E-state index < -0.39 is 55.8 Å². The summed E-state index contributed by atoms with van der Waals surface area (Å²) in [6, 6.07) is 14.4. The van der Waals surface area contributed by atoms with Crippen LogP contribution in [0.2, 0.25) is 5.02 Å². The van der Waals surface area contributed by atoms with E-state index in [0.717, 1.165) is 6.07 Å². The average Bonchev–Trinajstić information content (AvgIpc) is 3.05. The highest BCUT2D eigenvalue weighted by atomic mass is 35.5. The number of nitrogens with one attached hydrogen (secondary N) is 3. The number of benzene rings is 3. The van der Waals surface area contributed by atoms with Crippen molar-refractivity contribution in [3.05, 3.63) is 106 Å². The monoisotopic (exact) mass is 706 g/mol. The van der Waals surface area contributed by atoms with Gasteiger partial charge in [0.25, 0.3) is 6.43 Å². The zero-order chi connectivity index (χ0) is 34.7. The molecule has 5 rings (SSSR count). The van der Waals surface area contributed by atoms with Gasteiger partial charge >= 0.3 is 0 Å². The second-order valence-corrected chi connectivity index (χ2v) is 11.9. The number of nitriles is 1. The molecule has 248 valence electrons. The summed E-state index contributed by atoms with van der Waals surface area (Å²) in [7, 11) is -5.09. The molecule has 2 heterocycles. The maximum atomic E-state index is 14.8. The Balaban J connectivity index is 1.57. The minimum Gasteiger partial charge on any atom is -0.492 e. The highest BCUT2D eigenvalue weighted by Crippen LogP contribution is 2.40. The third kappa shape index (κ3) is 6.73. The van der Waals surface area contributed by atoms with Gasteiger partial charge in [0.1, 0.15) is 29.1 Å². The predicted octanol–water partition coefficient (Wildman–Crippen LogP) is 8.80. The van der Waals surface area contributed by atoms with Gasteiger partial charge in [0, 0.05) is 29.5 Å². The van der Waals surface area contributed by atoms with Gasteiger partial charge in [0.05, 0.1) is 45.3 Å². The summed E-state index contributed by atoms with van der Waals surface area (Å²) in [6.07, 6.45) is -1.12. The Morgan fingerprint density at radius 1 is 1.00 bits per heavy atom. The van der Waals surface area contributed by atoms with Crippen molar-refractivity contribution in [2.24, 2.45) is 0 Å². The van der Waals surface area contributed by atoms with E-state index in [1.165, 1.54) is 18.3 Å². The fourth-order valence-corrected chi connectivity index (χ4v) is 6.22. The summed E-state index contributed by atoms with van der Waals surface area (Å²) in [5.74, 6) is -9.86. The number of hydrogen-bond acceptors (Lipinski definition) is 8. The smallest absolute Gasteiger partial charge is 0.268 e. The van der Waals surface area contributed by atoms with E-state index in [2.05, 4.69) is 15.3 Å². The minimum atomic E-state index is -5.09. The van der Waals surface area contributed by atoms with Gasteiger partial charge in [-0.3, -0.25) is 14.7 Å². The van der Waals surface area contributed by atoms with Crippen LogP contribution < -0.4 is 19.5 Å². The van der Waals surface area contributed by atoms with Crippen LogP contribution in [0.15, 0.2) is 65.8 Å². The first-order valence-corrected chi connectivity index (χ1v) is 15.6. The van der Waals surface area contributed by atoms with Gasteiger partial charge in [-0.15, -0.1) is 0 Å². The summed E-state index contributed by atoms with van der Waals surface area (Å²) in [6.45, 7) is 1.67. The molecule has 0 saturated carbocycles. The molecule has 0 bridgehead atoms. The SMILES string of the molecule is CCOc1cc2ncc(C#N)c(Nc3ccc(OCc4ccccn4)c(Cl)c3)c2cc1NS(=N)(=O)c1c(F)c(F)c(F)c(F)c1C(F)F. The first-order chi connectivity index (χ1) is 22.9. The van der Waals surface area contributed by atoms with E-state index in [1.54, 1.807) is 43.5 Å². The topological polar surface area (TPSA) is 133 Å². The van der Waals surface area contributed by atoms with Gasteiger partial charge < -0.3 is 14.8 Å². The maximum absolute atomic E-state index is 14.8. The number of pyridine rings is 2. The molecule has 5 aromatic rings. The number of alkyl halides is 2. The van der Waals surface area contributed by atoms with E-state index >= 15 is 0 Å². The number of aromatic nitrogens is 2. The lowest BCUT2D eigenvalue weighted by atomic mass is 10.1. The lowest BCUT2D eigenvalue weighted by Crippen LogP contribution is -2.20. The van der Waals surface area contributed by atoms with Crippen LogP contribution in [-0.2, 0) is 16.5 Å². The van der Waals surface area contributed by atoms with E-state index in [-0.39, 0.29) is 46.1 Å². The highest BCUT2D eigenvalue weighted by Gasteiger charge is 2.35. The lowest BCUT2D eigenvalue weighted by Gasteiger charge is -2.20. The molecule has 48 heavy (non-hydrogen) atoms. The van der Waals surface area contributed by atoms with Gasteiger partial charge in [0.15, 0.2) is 33.2 Å². The van der Waals surface area contributed by atoms with Gasteiger partial charge in [-0.1, -0.05) is 17.7 Å². The normalized spacial score (nSPS) is 12.4. The molecule has 1 atom stereocenters. The summed E-state index contributed by atoms with van der Waals surface area (Å²) in [5.41, 5.74) is -1.17. The van der Waals surface area contributed by atoms with Gasteiger partial charge in [-0.05, 0) is 43.3 Å². The van der Waals surface area contributed by atoms with Crippen LogP contribution in [0.25, 0.3) is 10.9 Å². The Bertz CT molecular complexity index is 2190. The van der Waals surface area contributed by atoms with E-state index in [1.807, 2.05) is 10.8 Å². The molecule has 9 nitrogen and oxygen atoms in total. The largest absolute Gasteiger partial charge is 0.492 e. The Morgan fingerprint density at radius 2 is 1.75 bits per heavy atom. The molecule has 2 aromatic heterocycles. The van der Waals surface area contributed by atoms with Gasteiger partial charge in [0.2, 0.25) is 0 Å². The molecule has 0 aliphatic rings. The van der Waals surface area contributed by atoms with Crippen molar-refractivity contribution in [3.63, 3.8) is 0 Å². The van der Waals surface area contributed by atoms with Gasteiger partial charge in [-0.25, -0.2) is 35.3 Å². The third-order valence-electron chi connectivity index (χ3n) is 6.71. The number of anilines is 3. The quantitative estimate of drug-likeness (QED) is 0.0710. The zero-order valence-electron chi connectivity index (χ0n) is 24.4. The van der Waals surface area contributed by atoms with Crippen LogP contribution in [0.4, 0.5) is 43.4 Å². The molecular formula is C31H21ClF6N6O3S. The van der Waals surface area contributed by atoms with E-state index in [9.17, 15) is 35.8 Å². The molecule has 1 unspecified atom stereocenters. The van der Waals surface area contributed by atoms with Gasteiger partial charge in [-0.2, -0.15) is 5.26 Å². The average molecular weight is 707 g/mol. The van der Waals surface area contributed by atoms with E-state index in [0.29, 0.717) is 17.1 Å². The van der Waals surface area contributed by atoms with Crippen molar-refractivity contribution < 1.29 is 40.0 Å². The fraction of sp³-hybridized carbons (Fsp3) is 0.129.